The fraction of sp³-hybridized carbons (Fsp3) is 0.500. The summed E-state index contributed by atoms with van der Waals surface area (Å²) < 4.78 is 0. The molecule has 2 unspecified atom stereocenters. The minimum Gasteiger partial charge on any atom is -0.319 e. The van der Waals surface area contributed by atoms with E-state index in [4.69, 9.17) is 23.2 Å². The number of halogens is 2. The third-order valence-electron chi connectivity index (χ3n) is 3.24. The molecule has 1 fully saturated rings. The average Bonchev–Trinajstić information content (AvgIpc) is 2.18. The van der Waals surface area contributed by atoms with Crippen LogP contribution in [0.15, 0.2) is 18.2 Å². The summed E-state index contributed by atoms with van der Waals surface area (Å²) in [5.74, 6) is 1.30. The van der Waals surface area contributed by atoms with Gasteiger partial charge in [0.25, 0.3) is 0 Å². The van der Waals surface area contributed by atoms with Crippen molar-refractivity contribution in [3.63, 3.8) is 0 Å². The first-order valence-corrected chi connectivity index (χ1v) is 6.07. The highest BCUT2D eigenvalue weighted by Crippen LogP contribution is 2.45. The molecule has 15 heavy (non-hydrogen) atoms. The Labute approximate surface area is 101 Å². The van der Waals surface area contributed by atoms with Gasteiger partial charge in [0.2, 0.25) is 0 Å². The second kappa shape index (κ2) is 4.73. The van der Waals surface area contributed by atoms with Crippen LogP contribution in [0, 0.1) is 5.92 Å². The maximum atomic E-state index is 6.19. The molecule has 0 saturated heterocycles. The van der Waals surface area contributed by atoms with Gasteiger partial charge in [0.15, 0.2) is 0 Å². The van der Waals surface area contributed by atoms with Crippen molar-refractivity contribution in [2.75, 3.05) is 13.6 Å². The molecule has 1 nitrogen and oxygen atoms in total. The van der Waals surface area contributed by atoms with Crippen molar-refractivity contribution in [1.29, 1.82) is 0 Å². The zero-order valence-corrected chi connectivity index (χ0v) is 10.3. The molecule has 2 atom stereocenters. The Morgan fingerprint density at radius 3 is 2.73 bits per heavy atom. The maximum Gasteiger partial charge on any atom is 0.0441 e. The quantitative estimate of drug-likeness (QED) is 0.854. The number of benzene rings is 1. The van der Waals surface area contributed by atoms with Gasteiger partial charge < -0.3 is 5.32 Å². The molecule has 2 rings (SSSR count). The fourth-order valence-electron chi connectivity index (χ4n) is 2.28. The predicted octanol–water partition coefficient (Wildman–Crippen LogP) is 3.71. The third-order valence-corrected chi connectivity index (χ3v) is 3.82. The summed E-state index contributed by atoms with van der Waals surface area (Å²) in [7, 11) is 1.99. The molecule has 1 aromatic carbocycles. The third kappa shape index (κ3) is 2.30. The van der Waals surface area contributed by atoms with E-state index in [-0.39, 0.29) is 0 Å². The van der Waals surface area contributed by atoms with Crippen molar-refractivity contribution in [2.45, 2.75) is 18.8 Å². The van der Waals surface area contributed by atoms with E-state index in [0.717, 1.165) is 16.6 Å². The van der Waals surface area contributed by atoms with Crippen LogP contribution in [0.3, 0.4) is 0 Å². The van der Waals surface area contributed by atoms with Gasteiger partial charge in [-0.05, 0) is 62.0 Å². The molecular formula is C12H15Cl2N. The van der Waals surface area contributed by atoms with Gasteiger partial charge in [-0.25, -0.2) is 0 Å². The molecule has 3 heteroatoms. The first kappa shape index (κ1) is 11.3. The molecule has 1 saturated carbocycles. The minimum atomic E-state index is 0.587. The molecule has 0 aliphatic heterocycles. The Hall–Kier alpha value is -0.240. The highest BCUT2D eigenvalue weighted by Gasteiger charge is 2.32. The molecule has 1 aliphatic rings. The molecule has 1 N–H and O–H groups in total. The van der Waals surface area contributed by atoms with Crippen molar-refractivity contribution >= 4 is 23.2 Å². The number of rotatable bonds is 3. The molecule has 0 aromatic heterocycles. The standard InChI is InChI=1S/C12H15Cl2N/c1-15-7-8-2-4-10(8)11-6-9(13)3-5-12(11)14/h3,5-6,8,10,15H,2,4,7H2,1H3. The van der Waals surface area contributed by atoms with E-state index in [9.17, 15) is 0 Å². The van der Waals surface area contributed by atoms with Gasteiger partial charge in [0.05, 0.1) is 0 Å². The van der Waals surface area contributed by atoms with Crippen LogP contribution in [-0.4, -0.2) is 13.6 Å². The van der Waals surface area contributed by atoms with Gasteiger partial charge in [-0.15, -0.1) is 0 Å². The lowest BCUT2D eigenvalue weighted by molar-refractivity contribution is 0.251. The Morgan fingerprint density at radius 2 is 2.13 bits per heavy atom. The molecular weight excluding hydrogens is 229 g/mol. The van der Waals surface area contributed by atoms with Crippen LogP contribution in [0.25, 0.3) is 0 Å². The smallest absolute Gasteiger partial charge is 0.0441 e. The summed E-state index contributed by atoms with van der Waals surface area (Å²) in [6, 6.07) is 5.75. The molecule has 0 spiro atoms. The average molecular weight is 244 g/mol. The molecule has 0 heterocycles. The van der Waals surface area contributed by atoms with Crippen molar-refractivity contribution in [1.82, 2.24) is 5.32 Å². The van der Waals surface area contributed by atoms with Crippen LogP contribution < -0.4 is 5.32 Å². The monoisotopic (exact) mass is 243 g/mol. The van der Waals surface area contributed by atoms with Gasteiger partial charge in [0.1, 0.15) is 0 Å². The Morgan fingerprint density at radius 1 is 1.33 bits per heavy atom. The van der Waals surface area contributed by atoms with Crippen LogP contribution in [-0.2, 0) is 0 Å². The Balaban J connectivity index is 2.18. The zero-order chi connectivity index (χ0) is 10.8. The highest BCUT2D eigenvalue weighted by molar-refractivity contribution is 6.33. The molecule has 0 radical (unpaired) electrons. The topological polar surface area (TPSA) is 12.0 Å². The van der Waals surface area contributed by atoms with Crippen LogP contribution in [0.5, 0.6) is 0 Å². The Bertz CT molecular complexity index is 351. The summed E-state index contributed by atoms with van der Waals surface area (Å²) in [4.78, 5) is 0. The molecule has 0 bridgehead atoms. The normalized spacial score (nSPS) is 25.0. The minimum absolute atomic E-state index is 0.587. The highest BCUT2D eigenvalue weighted by atomic mass is 35.5. The number of hydrogen-bond donors (Lipinski definition) is 1. The van der Waals surface area contributed by atoms with Gasteiger partial charge in [-0.3, -0.25) is 0 Å². The van der Waals surface area contributed by atoms with Crippen molar-refractivity contribution in [2.24, 2.45) is 5.92 Å². The maximum absolute atomic E-state index is 6.19. The largest absolute Gasteiger partial charge is 0.319 e. The summed E-state index contributed by atoms with van der Waals surface area (Å²) in [5.41, 5.74) is 1.22. The molecule has 0 amide bonds. The lowest BCUT2D eigenvalue weighted by Crippen LogP contribution is -2.32. The molecule has 1 aliphatic carbocycles. The predicted molar refractivity (Wildman–Crippen MR) is 65.9 cm³/mol. The van der Waals surface area contributed by atoms with E-state index in [2.05, 4.69) is 5.32 Å². The van der Waals surface area contributed by atoms with Crippen LogP contribution in [0.2, 0.25) is 10.0 Å². The summed E-state index contributed by atoms with van der Waals surface area (Å²) in [5, 5.41) is 4.86. The van der Waals surface area contributed by atoms with Gasteiger partial charge in [0, 0.05) is 10.0 Å². The number of hydrogen-bond acceptors (Lipinski definition) is 1. The summed E-state index contributed by atoms with van der Waals surface area (Å²) in [6.07, 6.45) is 2.51. The van der Waals surface area contributed by atoms with E-state index >= 15 is 0 Å². The zero-order valence-electron chi connectivity index (χ0n) is 8.76. The number of nitrogens with one attached hydrogen (secondary N) is 1. The van der Waals surface area contributed by atoms with Crippen LogP contribution in [0.1, 0.15) is 24.3 Å². The molecule has 1 aromatic rings. The first-order chi connectivity index (χ1) is 7.22. The van der Waals surface area contributed by atoms with Crippen molar-refractivity contribution in [3.8, 4) is 0 Å². The van der Waals surface area contributed by atoms with Crippen molar-refractivity contribution in [3.05, 3.63) is 33.8 Å². The summed E-state index contributed by atoms with van der Waals surface area (Å²) >= 11 is 12.2. The lowest BCUT2D eigenvalue weighted by atomic mass is 9.70. The molecule has 82 valence electrons. The van der Waals surface area contributed by atoms with Crippen LogP contribution in [0.4, 0.5) is 0 Å². The fourth-order valence-corrected chi connectivity index (χ4v) is 2.72. The first-order valence-electron chi connectivity index (χ1n) is 5.32. The van der Waals surface area contributed by atoms with Gasteiger partial charge >= 0.3 is 0 Å². The van der Waals surface area contributed by atoms with Crippen LogP contribution >= 0.6 is 23.2 Å². The second-order valence-electron chi connectivity index (χ2n) is 4.17. The van der Waals surface area contributed by atoms with E-state index in [0.29, 0.717) is 11.8 Å². The lowest BCUT2D eigenvalue weighted by Gasteiger charge is -2.37. The summed E-state index contributed by atoms with van der Waals surface area (Å²) in [6.45, 7) is 1.06. The Kier molecular flexibility index (Phi) is 3.55. The van der Waals surface area contributed by atoms with E-state index in [1.54, 1.807) is 0 Å². The second-order valence-corrected chi connectivity index (χ2v) is 5.01. The van der Waals surface area contributed by atoms with Gasteiger partial charge in [-0.2, -0.15) is 0 Å². The SMILES string of the molecule is CNCC1CCC1c1cc(Cl)ccc1Cl. The van der Waals surface area contributed by atoms with E-state index < -0.39 is 0 Å². The van der Waals surface area contributed by atoms with Gasteiger partial charge in [-0.1, -0.05) is 23.2 Å². The van der Waals surface area contributed by atoms with E-state index in [1.807, 2.05) is 25.2 Å². The van der Waals surface area contributed by atoms with E-state index in [1.165, 1.54) is 18.4 Å². The van der Waals surface area contributed by atoms with Crippen molar-refractivity contribution < 1.29 is 0 Å².